The van der Waals surface area contributed by atoms with Crippen LogP contribution in [0.3, 0.4) is 0 Å². The largest absolute Gasteiger partial charge is 0.331 e. The molecular formula is C14H11BrN2OS2. The fourth-order valence-electron chi connectivity index (χ4n) is 2.22. The van der Waals surface area contributed by atoms with Crippen LogP contribution in [0, 0.1) is 4.77 Å². The Balaban J connectivity index is 2.24. The second-order valence-electron chi connectivity index (χ2n) is 4.50. The van der Waals surface area contributed by atoms with Gasteiger partial charge in [-0.2, -0.15) is 0 Å². The highest BCUT2D eigenvalue weighted by Crippen LogP contribution is 2.22. The van der Waals surface area contributed by atoms with Gasteiger partial charge in [0.05, 0.1) is 11.6 Å². The average molecular weight is 367 g/mol. The number of aromatic nitrogens is 2. The molecule has 3 rings (SSSR count). The summed E-state index contributed by atoms with van der Waals surface area (Å²) in [4.78, 5) is 15.7. The molecule has 1 N–H and O–H groups in total. The zero-order valence-electron chi connectivity index (χ0n) is 10.6. The summed E-state index contributed by atoms with van der Waals surface area (Å²) < 4.78 is 3.78. The Morgan fingerprint density at radius 3 is 2.95 bits per heavy atom. The molecule has 6 heteroatoms. The first-order valence-electron chi connectivity index (χ1n) is 6.05. The molecule has 2 aromatic heterocycles. The molecule has 0 saturated heterocycles. The van der Waals surface area contributed by atoms with Crippen LogP contribution in [0.4, 0.5) is 0 Å². The Morgan fingerprint density at radius 2 is 2.20 bits per heavy atom. The lowest BCUT2D eigenvalue weighted by Crippen LogP contribution is -2.25. The smallest absolute Gasteiger partial charge is 0.272 e. The van der Waals surface area contributed by atoms with Crippen LogP contribution in [-0.4, -0.2) is 9.55 Å². The molecule has 0 bridgehead atoms. The topological polar surface area (TPSA) is 37.8 Å². The third kappa shape index (κ3) is 2.28. The Kier molecular flexibility index (Phi) is 3.62. The summed E-state index contributed by atoms with van der Waals surface area (Å²) in [7, 11) is 0. The van der Waals surface area contributed by atoms with Crippen molar-refractivity contribution in [3.05, 3.63) is 60.9 Å². The molecule has 3 aromatic rings. The number of hydrogen-bond donors (Lipinski definition) is 1. The summed E-state index contributed by atoms with van der Waals surface area (Å²) in [5, 5.41) is 1.89. The number of hydrogen-bond acceptors (Lipinski definition) is 3. The van der Waals surface area contributed by atoms with Gasteiger partial charge in [-0.1, -0.05) is 28.1 Å². The van der Waals surface area contributed by atoms with Gasteiger partial charge in [-0.05, 0) is 48.3 Å². The molecule has 102 valence electrons. The van der Waals surface area contributed by atoms with Gasteiger partial charge in [-0.15, -0.1) is 11.3 Å². The van der Waals surface area contributed by atoms with Crippen LogP contribution in [0.5, 0.6) is 0 Å². The number of nitrogens with zero attached hydrogens (tertiary/aromatic N) is 1. The van der Waals surface area contributed by atoms with Gasteiger partial charge in [0.15, 0.2) is 4.77 Å². The Labute approximate surface area is 133 Å². The van der Waals surface area contributed by atoms with E-state index in [2.05, 4.69) is 20.9 Å². The number of nitrogens with one attached hydrogen (secondary N) is 1. The zero-order valence-corrected chi connectivity index (χ0v) is 13.8. The molecule has 2 heterocycles. The summed E-state index contributed by atoms with van der Waals surface area (Å²) in [6.07, 6.45) is 0. The molecule has 0 amide bonds. The quantitative estimate of drug-likeness (QED) is 0.678. The molecule has 0 saturated carbocycles. The molecule has 0 radical (unpaired) electrons. The van der Waals surface area contributed by atoms with E-state index in [4.69, 9.17) is 12.2 Å². The number of aromatic amines is 1. The van der Waals surface area contributed by atoms with Gasteiger partial charge >= 0.3 is 0 Å². The fraction of sp³-hybridized carbons (Fsp3) is 0.143. The first-order valence-corrected chi connectivity index (χ1v) is 8.13. The highest BCUT2D eigenvalue weighted by atomic mass is 79.9. The minimum Gasteiger partial charge on any atom is -0.331 e. The van der Waals surface area contributed by atoms with E-state index >= 15 is 0 Å². The van der Waals surface area contributed by atoms with Crippen molar-refractivity contribution in [2.24, 2.45) is 0 Å². The number of fused-ring (bicyclic) bond motifs is 1. The van der Waals surface area contributed by atoms with Crippen molar-refractivity contribution in [3.63, 3.8) is 0 Å². The van der Waals surface area contributed by atoms with Crippen LogP contribution in [0.25, 0.3) is 10.2 Å². The monoisotopic (exact) mass is 366 g/mol. The first-order chi connectivity index (χ1) is 9.58. The minimum absolute atomic E-state index is 0.0359. The Morgan fingerprint density at radius 1 is 1.40 bits per heavy atom. The molecule has 1 aromatic carbocycles. The van der Waals surface area contributed by atoms with Crippen molar-refractivity contribution >= 4 is 49.7 Å². The molecular weight excluding hydrogens is 356 g/mol. The van der Waals surface area contributed by atoms with Crippen molar-refractivity contribution in [2.45, 2.75) is 13.0 Å². The zero-order chi connectivity index (χ0) is 14.3. The van der Waals surface area contributed by atoms with Crippen molar-refractivity contribution in [3.8, 4) is 0 Å². The van der Waals surface area contributed by atoms with Crippen molar-refractivity contribution in [2.75, 3.05) is 0 Å². The molecule has 1 unspecified atom stereocenters. The van der Waals surface area contributed by atoms with Gasteiger partial charge in [0.2, 0.25) is 0 Å². The van der Waals surface area contributed by atoms with E-state index in [0.717, 1.165) is 15.6 Å². The molecule has 1 atom stereocenters. The molecule has 0 spiro atoms. The lowest BCUT2D eigenvalue weighted by atomic mass is 10.1. The Bertz CT molecular complexity index is 894. The fourth-order valence-corrected chi connectivity index (χ4v) is 3.77. The summed E-state index contributed by atoms with van der Waals surface area (Å²) in [6, 6.07) is 9.68. The van der Waals surface area contributed by atoms with Crippen molar-refractivity contribution in [1.29, 1.82) is 0 Å². The van der Waals surface area contributed by atoms with Gasteiger partial charge in [-0.25, -0.2) is 0 Å². The minimum atomic E-state index is -0.116. The SMILES string of the molecule is CC(c1cccc(Br)c1)n1c(=S)[nH]c2ccsc2c1=O. The van der Waals surface area contributed by atoms with E-state index in [0.29, 0.717) is 9.47 Å². The summed E-state index contributed by atoms with van der Waals surface area (Å²) in [6.45, 7) is 1.98. The van der Waals surface area contributed by atoms with E-state index < -0.39 is 0 Å². The van der Waals surface area contributed by atoms with Crippen LogP contribution in [0.15, 0.2) is 45.0 Å². The second-order valence-corrected chi connectivity index (χ2v) is 6.72. The molecule has 20 heavy (non-hydrogen) atoms. The first kappa shape index (κ1) is 13.7. The average Bonchev–Trinajstić information content (AvgIpc) is 2.87. The summed E-state index contributed by atoms with van der Waals surface area (Å²) in [5.41, 5.74) is 1.81. The van der Waals surface area contributed by atoms with E-state index in [9.17, 15) is 4.79 Å². The van der Waals surface area contributed by atoms with E-state index in [-0.39, 0.29) is 11.6 Å². The second kappa shape index (κ2) is 5.27. The van der Waals surface area contributed by atoms with Gasteiger partial charge < -0.3 is 4.98 Å². The van der Waals surface area contributed by atoms with Gasteiger partial charge in [0.1, 0.15) is 4.70 Å². The standard InChI is InChI=1S/C14H11BrN2OS2/c1-8(9-3-2-4-10(15)7-9)17-13(18)12-11(5-6-20-12)16-14(17)19/h2-8H,1H3,(H,16,19). The third-order valence-electron chi connectivity index (χ3n) is 3.26. The van der Waals surface area contributed by atoms with E-state index in [1.807, 2.05) is 42.6 Å². The van der Waals surface area contributed by atoms with Gasteiger partial charge in [-0.3, -0.25) is 9.36 Å². The molecule has 0 aliphatic rings. The maximum Gasteiger partial charge on any atom is 0.272 e. The maximum absolute atomic E-state index is 12.6. The predicted octanol–water partition coefficient (Wildman–Crippen LogP) is 4.49. The van der Waals surface area contributed by atoms with Crippen LogP contribution >= 0.6 is 39.5 Å². The van der Waals surface area contributed by atoms with E-state index in [1.54, 1.807) is 4.57 Å². The summed E-state index contributed by atoms with van der Waals surface area (Å²) in [5.74, 6) is 0. The molecule has 0 aliphatic carbocycles. The molecule has 0 fully saturated rings. The number of thiophene rings is 1. The van der Waals surface area contributed by atoms with Crippen LogP contribution in [-0.2, 0) is 0 Å². The lowest BCUT2D eigenvalue weighted by Gasteiger charge is -2.16. The number of halogens is 1. The van der Waals surface area contributed by atoms with Crippen LogP contribution < -0.4 is 5.56 Å². The molecule has 0 aliphatic heterocycles. The predicted molar refractivity (Wildman–Crippen MR) is 89.2 cm³/mol. The number of rotatable bonds is 2. The normalized spacial score (nSPS) is 12.7. The maximum atomic E-state index is 12.6. The van der Waals surface area contributed by atoms with E-state index in [1.165, 1.54) is 11.3 Å². The van der Waals surface area contributed by atoms with Crippen molar-refractivity contribution < 1.29 is 0 Å². The van der Waals surface area contributed by atoms with Crippen molar-refractivity contribution in [1.82, 2.24) is 9.55 Å². The van der Waals surface area contributed by atoms with Gasteiger partial charge in [0.25, 0.3) is 5.56 Å². The number of benzene rings is 1. The number of H-pyrrole nitrogens is 1. The Hall–Kier alpha value is -1.24. The summed E-state index contributed by atoms with van der Waals surface area (Å²) >= 11 is 10.2. The molecule has 3 nitrogen and oxygen atoms in total. The highest BCUT2D eigenvalue weighted by Gasteiger charge is 2.14. The third-order valence-corrected chi connectivity index (χ3v) is 4.95. The van der Waals surface area contributed by atoms with Crippen LogP contribution in [0.2, 0.25) is 0 Å². The van der Waals surface area contributed by atoms with Gasteiger partial charge in [0, 0.05) is 4.47 Å². The van der Waals surface area contributed by atoms with Crippen LogP contribution in [0.1, 0.15) is 18.5 Å². The highest BCUT2D eigenvalue weighted by molar-refractivity contribution is 9.10. The lowest BCUT2D eigenvalue weighted by molar-refractivity contribution is 0.600.